The Morgan fingerprint density at radius 3 is 1.51 bits per heavy atom. The van der Waals surface area contributed by atoms with Gasteiger partial charge in [-0.3, -0.25) is 0 Å². The predicted molar refractivity (Wildman–Crippen MR) is 143 cm³/mol. The van der Waals surface area contributed by atoms with Crippen LogP contribution in [0.1, 0.15) is 0 Å². The van der Waals surface area contributed by atoms with Crippen molar-refractivity contribution < 1.29 is 101 Å². The molecule has 3 fully saturated rings. The third-order valence-corrected chi connectivity index (χ3v) is 7.72. The lowest BCUT2D eigenvalue weighted by Gasteiger charge is -2.48. The summed E-state index contributed by atoms with van der Waals surface area (Å²) < 4.78 is 44.7. The van der Waals surface area contributed by atoms with E-state index in [-0.39, 0.29) is 25.6 Å². The second-order valence-electron chi connectivity index (χ2n) is 12.2. The molecule has 3 saturated heterocycles. The maximum atomic E-state index is 11.2. The lowest BCUT2D eigenvalue weighted by atomic mass is 9.96. The quantitative estimate of drug-likeness (QED) is 0.0770. The zero-order chi connectivity index (χ0) is 32.9. The van der Waals surface area contributed by atoms with Gasteiger partial charge in [0.1, 0.15) is 85.9 Å². The Hall–Kier alpha value is -0.430. The molecule has 0 aromatic rings. The maximum Gasteiger partial charge on any atom is 0.187 e. The molecule has 16 atom stereocenters. The van der Waals surface area contributed by atoms with Crippen LogP contribution < -0.4 is 12.4 Å². The normalized spacial score (nSPS) is 43.5. The van der Waals surface area contributed by atoms with Gasteiger partial charge >= 0.3 is 0 Å². The summed E-state index contributed by atoms with van der Waals surface area (Å²) in [6.07, 6.45) is -23.3. The van der Waals surface area contributed by atoms with Gasteiger partial charge in [0.2, 0.25) is 0 Å². The van der Waals surface area contributed by atoms with E-state index in [1.165, 1.54) is 14.2 Å². The summed E-state index contributed by atoms with van der Waals surface area (Å²) >= 11 is 0. The first-order chi connectivity index (χ1) is 20.7. The second-order valence-corrected chi connectivity index (χ2v) is 12.2. The van der Waals surface area contributed by atoms with Gasteiger partial charge in [0.25, 0.3) is 0 Å². The molecular formula is C26H50ClNO17. The molecule has 3 aliphatic heterocycles. The van der Waals surface area contributed by atoms with Crippen LogP contribution in [-0.2, 0) is 37.9 Å². The van der Waals surface area contributed by atoms with Gasteiger partial charge in [0, 0.05) is 14.2 Å². The van der Waals surface area contributed by atoms with Gasteiger partial charge < -0.3 is 101 Å². The molecule has 3 aliphatic rings. The monoisotopic (exact) mass is 683 g/mol. The summed E-state index contributed by atoms with van der Waals surface area (Å²) in [6.45, 7) is -1.43. The van der Waals surface area contributed by atoms with Crippen molar-refractivity contribution in [2.75, 3.05) is 68.3 Å². The fourth-order valence-corrected chi connectivity index (χ4v) is 5.51. The number of nitrogens with zero attached hydrogens (tertiary/aromatic N) is 1. The Balaban J connectivity index is 0.00000705. The number of halogens is 1. The molecule has 0 radical (unpaired) electrons. The van der Waals surface area contributed by atoms with E-state index in [2.05, 4.69) is 0 Å². The number of ether oxygens (including phenoxy) is 8. The van der Waals surface area contributed by atoms with Crippen LogP contribution in [0.3, 0.4) is 0 Å². The highest BCUT2D eigenvalue weighted by molar-refractivity contribution is 4.96. The van der Waals surface area contributed by atoms with Gasteiger partial charge in [-0.15, -0.1) is 0 Å². The van der Waals surface area contributed by atoms with E-state index in [0.29, 0.717) is 11.0 Å². The molecule has 0 amide bonds. The Labute approximate surface area is 267 Å². The highest BCUT2D eigenvalue weighted by atomic mass is 35.5. The molecule has 0 spiro atoms. The van der Waals surface area contributed by atoms with E-state index in [1.54, 1.807) is 0 Å². The van der Waals surface area contributed by atoms with Gasteiger partial charge in [-0.25, -0.2) is 0 Å². The van der Waals surface area contributed by atoms with Crippen LogP contribution in [-0.4, -0.2) is 217 Å². The van der Waals surface area contributed by atoms with Gasteiger partial charge in [0.15, 0.2) is 18.9 Å². The van der Waals surface area contributed by atoms with Crippen molar-refractivity contribution in [1.82, 2.24) is 0 Å². The molecule has 0 aromatic heterocycles. The number of aliphatic hydroxyl groups excluding tert-OH is 9. The lowest BCUT2D eigenvalue weighted by molar-refractivity contribution is -0.873. The summed E-state index contributed by atoms with van der Waals surface area (Å²) in [7, 11) is 8.12. The highest BCUT2D eigenvalue weighted by Gasteiger charge is 2.53. The largest absolute Gasteiger partial charge is 1.00 e. The minimum absolute atomic E-state index is 0. The maximum absolute atomic E-state index is 11.2. The topological polar surface area (TPSA) is 256 Å². The Morgan fingerprint density at radius 2 is 1.04 bits per heavy atom. The van der Waals surface area contributed by atoms with Crippen molar-refractivity contribution >= 4 is 0 Å². The van der Waals surface area contributed by atoms with Gasteiger partial charge in [-0.1, -0.05) is 0 Å². The number of methoxy groups -OCH3 is 2. The first-order valence-corrected chi connectivity index (χ1v) is 14.4. The Kier molecular flexibility index (Phi) is 16.1. The van der Waals surface area contributed by atoms with Crippen molar-refractivity contribution in [3.05, 3.63) is 0 Å². The van der Waals surface area contributed by atoms with Crippen molar-refractivity contribution in [3.8, 4) is 0 Å². The highest BCUT2D eigenvalue weighted by Crippen LogP contribution is 2.33. The summed E-state index contributed by atoms with van der Waals surface area (Å²) in [5.74, 6) is 0. The van der Waals surface area contributed by atoms with Crippen molar-refractivity contribution in [2.24, 2.45) is 0 Å². The lowest BCUT2D eigenvalue weighted by Crippen LogP contribution is -3.00. The minimum atomic E-state index is -1.87. The zero-order valence-electron chi connectivity index (χ0n) is 25.9. The van der Waals surface area contributed by atoms with E-state index in [0.717, 1.165) is 0 Å². The van der Waals surface area contributed by atoms with Crippen LogP contribution in [0.2, 0.25) is 0 Å². The molecular weight excluding hydrogens is 634 g/mol. The minimum Gasteiger partial charge on any atom is -1.00 e. The number of hydrogen-bond acceptors (Lipinski definition) is 17. The van der Waals surface area contributed by atoms with Crippen LogP contribution in [0.25, 0.3) is 0 Å². The van der Waals surface area contributed by atoms with Gasteiger partial charge in [-0.2, -0.15) is 0 Å². The van der Waals surface area contributed by atoms with Crippen LogP contribution in [0.15, 0.2) is 0 Å². The SMILES string of the molecule is CO[C@@H]1OC(CO)[C@@H](O[C@H]2OC(COCC(O)C[N+](C)(C)C)[C@@H](O[C@H]3OC(CO)[C@@H](OC)[C@H](O)C3O)[C@H](O)C2O)[C@H](O)C1O.[Cl-]. The van der Waals surface area contributed by atoms with E-state index in [4.69, 9.17) is 37.9 Å². The first kappa shape index (κ1) is 40.7. The zero-order valence-corrected chi connectivity index (χ0v) is 26.6. The molecule has 3 heterocycles. The Bertz CT molecular complexity index is 855. The summed E-state index contributed by atoms with van der Waals surface area (Å²) in [5, 5.41) is 94.3. The van der Waals surface area contributed by atoms with E-state index in [1.807, 2.05) is 21.1 Å². The fourth-order valence-electron chi connectivity index (χ4n) is 5.51. The summed E-state index contributed by atoms with van der Waals surface area (Å²) in [5.41, 5.74) is 0. The molecule has 45 heavy (non-hydrogen) atoms. The van der Waals surface area contributed by atoms with Crippen LogP contribution >= 0.6 is 0 Å². The molecule has 0 bridgehead atoms. The van der Waals surface area contributed by atoms with Crippen LogP contribution in [0, 0.1) is 0 Å². The Morgan fingerprint density at radius 1 is 0.622 bits per heavy atom. The van der Waals surface area contributed by atoms with E-state index in [9.17, 15) is 46.0 Å². The third-order valence-electron chi connectivity index (χ3n) is 7.72. The number of aliphatic hydroxyl groups is 9. The van der Waals surface area contributed by atoms with Crippen molar-refractivity contribution in [2.45, 2.75) is 98.2 Å². The van der Waals surface area contributed by atoms with Crippen molar-refractivity contribution in [1.29, 1.82) is 0 Å². The predicted octanol–water partition coefficient (Wildman–Crippen LogP) is -9.17. The molecule has 19 heteroatoms. The smallest absolute Gasteiger partial charge is 0.187 e. The molecule has 9 N–H and O–H groups in total. The van der Waals surface area contributed by atoms with Gasteiger partial charge in [-0.05, 0) is 0 Å². The fraction of sp³-hybridized carbons (Fsp3) is 1.00. The number of quaternary nitrogens is 1. The molecule has 268 valence electrons. The molecule has 7 unspecified atom stereocenters. The molecule has 0 saturated carbocycles. The van der Waals surface area contributed by atoms with Gasteiger partial charge in [0.05, 0.1) is 47.6 Å². The van der Waals surface area contributed by atoms with Crippen LogP contribution in [0.4, 0.5) is 0 Å². The molecule has 0 aromatic carbocycles. The van der Waals surface area contributed by atoms with E-state index >= 15 is 0 Å². The van der Waals surface area contributed by atoms with E-state index < -0.39 is 111 Å². The average molecular weight is 684 g/mol. The average Bonchev–Trinajstić information content (AvgIpc) is 2.96. The van der Waals surface area contributed by atoms with Crippen LogP contribution in [0.5, 0.6) is 0 Å². The summed E-state index contributed by atoms with van der Waals surface area (Å²) in [6, 6.07) is 0. The second kappa shape index (κ2) is 17.8. The summed E-state index contributed by atoms with van der Waals surface area (Å²) in [4.78, 5) is 0. The number of hydrogen-bond donors (Lipinski definition) is 9. The number of rotatable bonds is 14. The van der Waals surface area contributed by atoms with Crippen molar-refractivity contribution in [3.63, 3.8) is 0 Å². The third kappa shape index (κ3) is 10.0. The number of likely N-dealkylation sites (N-methyl/N-ethyl adjacent to an activating group) is 1. The first-order valence-electron chi connectivity index (χ1n) is 14.4. The molecule has 18 nitrogen and oxygen atoms in total. The molecule has 0 aliphatic carbocycles. The molecule has 3 rings (SSSR count). The standard InChI is InChI=1S/C26H50NO17.ClH/c1-27(2,3)6-11(30)9-39-10-14-23(44-25-19(35)15(31)21(37-4)12(7-28)41-25)17(33)20(36)26(42-14)43-22-13(8-29)40-24(38-5)18(34)16(22)32;/h11-26,28-36H,6-10H2,1-5H3;1H/q+1;/p-1/t11?,12?,13?,14?,15-,16-,17-,18?,19?,20?,21-,22-,23-,24-,25-,26-;/m1./s1.